The Morgan fingerprint density at radius 3 is 2.53 bits per heavy atom. The van der Waals surface area contributed by atoms with E-state index >= 15 is 0 Å². The van der Waals surface area contributed by atoms with E-state index in [-0.39, 0.29) is 23.7 Å². The summed E-state index contributed by atoms with van der Waals surface area (Å²) >= 11 is 0. The Balaban J connectivity index is 1.54. The van der Waals surface area contributed by atoms with Crippen LogP contribution in [0, 0.1) is 5.82 Å². The van der Waals surface area contributed by atoms with Gasteiger partial charge in [-0.15, -0.1) is 0 Å². The molecule has 3 rings (SSSR count). The third-order valence-corrected chi connectivity index (χ3v) is 4.30. The van der Waals surface area contributed by atoms with Crippen LogP contribution in [0.2, 0.25) is 0 Å². The van der Waals surface area contributed by atoms with Gasteiger partial charge in [0.2, 0.25) is 5.91 Å². The fourth-order valence-electron chi connectivity index (χ4n) is 2.92. The van der Waals surface area contributed by atoms with E-state index in [0.29, 0.717) is 24.5 Å². The summed E-state index contributed by atoms with van der Waals surface area (Å²) in [5, 5.41) is 5.17. The standard InChI is InChI=1S/C24H26FN3O4/c1-24(2,3)32-23(30)28-18-13-12-17(25)14-19(18)27-21(29)10-7-11-22-26-15-20(31-22)16-8-5-4-6-9-16/h4-6,8-9,12-15H,7,10-11H2,1-3H3,(H,27,29)(H,28,30). The van der Waals surface area contributed by atoms with Crippen LogP contribution >= 0.6 is 0 Å². The van der Waals surface area contributed by atoms with Gasteiger partial charge in [-0.1, -0.05) is 30.3 Å². The summed E-state index contributed by atoms with van der Waals surface area (Å²) in [4.78, 5) is 28.7. The fourth-order valence-corrected chi connectivity index (χ4v) is 2.92. The maximum atomic E-state index is 13.7. The number of ether oxygens (including phenoxy) is 1. The van der Waals surface area contributed by atoms with Crippen LogP contribution in [0.25, 0.3) is 11.3 Å². The van der Waals surface area contributed by atoms with Gasteiger partial charge in [0.1, 0.15) is 11.4 Å². The van der Waals surface area contributed by atoms with Crippen molar-refractivity contribution in [2.45, 2.75) is 45.6 Å². The first-order valence-corrected chi connectivity index (χ1v) is 10.3. The topological polar surface area (TPSA) is 93.5 Å². The van der Waals surface area contributed by atoms with Crippen LogP contribution in [0.15, 0.2) is 59.1 Å². The number of benzene rings is 2. The molecular weight excluding hydrogens is 413 g/mol. The minimum atomic E-state index is -0.697. The van der Waals surface area contributed by atoms with Gasteiger partial charge in [0.25, 0.3) is 0 Å². The number of halogens is 1. The molecule has 0 fully saturated rings. The van der Waals surface area contributed by atoms with Gasteiger partial charge in [-0.2, -0.15) is 0 Å². The third kappa shape index (κ3) is 6.94. The molecule has 0 radical (unpaired) electrons. The van der Waals surface area contributed by atoms with Gasteiger partial charge in [0.15, 0.2) is 11.7 Å². The Labute approximate surface area is 186 Å². The fraction of sp³-hybridized carbons (Fsp3) is 0.292. The van der Waals surface area contributed by atoms with Crippen LogP contribution in [0.3, 0.4) is 0 Å². The normalized spacial score (nSPS) is 11.1. The molecule has 0 bridgehead atoms. The van der Waals surface area contributed by atoms with E-state index in [1.165, 1.54) is 12.1 Å². The molecule has 0 unspecified atom stereocenters. The SMILES string of the molecule is CC(C)(C)OC(=O)Nc1ccc(F)cc1NC(=O)CCCc1ncc(-c2ccccc2)o1. The Kier molecular flexibility index (Phi) is 7.25. The zero-order valence-electron chi connectivity index (χ0n) is 18.3. The lowest BCUT2D eigenvalue weighted by Gasteiger charge is -2.20. The molecule has 0 aliphatic heterocycles. The largest absolute Gasteiger partial charge is 0.444 e. The van der Waals surface area contributed by atoms with E-state index in [1.807, 2.05) is 30.3 Å². The average molecular weight is 439 g/mol. The summed E-state index contributed by atoms with van der Waals surface area (Å²) in [6, 6.07) is 13.3. The van der Waals surface area contributed by atoms with Gasteiger partial charge in [-0.05, 0) is 45.4 Å². The van der Waals surface area contributed by atoms with Crippen molar-refractivity contribution in [3.8, 4) is 11.3 Å². The number of rotatable bonds is 7. The van der Waals surface area contributed by atoms with Crippen molar-refractivity contribution in [1.29, 1.82) is 0 Å². The van der Waals surface area contributed by atoms with Gasteiger partial charge >= 0.3 is 6.09 Å². The number of nitrogens with zero attached hydrogens (tertiary/aromatic N) is 1. The highest BCUT2D eigenvalue weighted by molar-refractivity contribution is 5.97. The van der Waals surface area contributed by atoms with E-state index in [0.717, 1.165) is 11.6 Å². The van der Waals surface area contributed by atoms with E-state index in [4.69, 9.17) is 9.15 Å². The average Bonchev–Trinajstić information content (AvgIpc) is 3.18. The predicted molar refractivity (Wildman–Crippen MR) is 120 cm³/mol. The highest BCUT2D eigenvalue weighted by Gasteiger charge is 2.18. The molecule has 8 heteroatoms. The first-order chi connectivity index (χ1) is 15.2. The molecule has 1 heterocycles. The zero-order valence-corrected chi connectivity index (χ0v) is 18.3. The predicted octanol–water partition coefficient (Wildman–Crippen LogP) is 5.79. The molecule has 168 valence electrons. The Morgan fingerprint density at radius 2 is 1.81 bits per heavy atom. The van der Waals surface area contributed by atoms with E-state index < -0.39 is 17.5 Å². The van der Waals surface area contributed by atoms with Gasteiger partial charge in [0, 0.05) is 18.4 Å². The summed E-state index contributed by atoms with van der Waals surface area (Å²) in [6.07, 6.45) is 2.10. The Morgan fingerprint density at radius 1 is 1.06 bits per heavy atom. The van der Waals surface area contributed by atoms with Crippen LogP contribution in [-0.4, -0.2) is 22.6 Å². The summed E-state index contributed by atoms with van der Waals surface area (Å²) < 4.78 is 24.6. The summed E-state index contributed by atoms with van der Waals surface area (Å²) in [5.74, 6) is 0.346. The molecule has 0 spiro atoms. The molecule has 7 nitrogen and oxygen atoms in total. The minimum Gasteiger partial charge on any atom is -0.444 e. The number of carbonyl (C=O) groups is 2. The highest BCUT2D eigenvalue weighted by atomic mass is 19.1. The molecule has 0 saturated carbocycles. The number of hydrogen-bond acceptors (Lipinski definition) is 5. The number of carbonyl (C=O) groups excluding carboxylic acids is 2. The molecule has 0 aliphatic rings. The number of oxazole rings is 1. The number of amides is 2. The molecule has 0 saturated heterocycles. The van der Waals surface area contributed by atoms with Gasteiger partial charge in [0.05, 0.1) is 17.6 Å². The maximum absolute atomic E-state index is 13.7. The van der Waals surface area contributed by atoms with E-state index in [2.05, 4.69) is 15.6 Å². The molecule has 2 aromatic carbocycles. The minimum absolute atomic E-state index is 0.156. The van der Waals surface area contributed by atoms with Crippen LogP contribution in [0.4, 0.5) is 20.6 Å². The molecular formula is C24H26FN3O4. The van der Waals surface area contributed by atoms with E-state index in [1.54, 1.807) is 27.0 Å². The Hall–Kier alpha value is -3.68. The monoisotopic (exact) mass is 439 g/mol. The maximum Gasteiger partial charge on any atom is 0.412 e. The molecule has 1 aromatic heterocycles. The van der Waals surface area contributed by atoms with Crippen LogP contribution < -0.4 is 10.6 Å². The Bertz CT molecular complexity index is 1070. The highest BCUT2D eigenvalue weighted by Crippen LogP contribution is 2.24. The summed E-state index contributed by atoms with van der Waals surface area (Å²) in [5.41, 5.74) is 0.644. The van der Waals surface area contributed by atoms with Gasteiger partial charge in [-0.25, -0.2) is 14.2 Å². The van der Waals surface area contributed by atoms with Crippen molar-refractivity contribution >= 4 is 23.4 Å². The molecule has 0 atom stereocenters. The lowest BCUT2D eigenvalue weighted by atomic mass is 10.2. The molecule has 2 N–H and O–H groups in total. The second-order valence-electron chi connectivity index (χ2n) is 8.20. The second-order valence-corrected chi connectivity index (χ2v) is 8.20. The zero-order chi connectivity index (χ0) is 23.1. The third-order valence-electron chi connectivity index (χ3n) is 4.30. The van der Waals surface area contributed by atoms with E-state index in [9.17, 15) is 14.0 Å². The lowest BCUT2D eigenvalue weighted by molar-refractivity contribution is -0.116. The van der Waals surface area contributed by atoms with Crippen LogP contribution in [0.5, 0.6) is 0 Å². The first-order valence-electron chi connectivity index (χ1n) is 10.3. The molecule has 32 heavy (non-hydrogen) atoms. The number of aryl methyl sites for hydroxylation is 1. The van der Waals surface area contributed by atoms with Crippen molar-refractivity contribution in [1.82, 2.24) is 4.98 Å². The van der Waals surface area contributed by atoms with Crippen molar-refractivity contribution in [3.05, 3.63) is 66.4 Å². The van der Waals surface area contributed by atoms with Crippen molar-refractivity contribution in [3.63, 3.8) is 0 Å². The quantitative estimate of drug-likeness (QED) is 0.486. The summed E-state index contributed by atoms with van der Waals surface area (Å²) in [7, 11) is 0. The number of anilines is 2. The van der Waals surface area contributed by atoms with Crippen molar-refractivity contribution in [2.75, 3.05) is 10.6 Å². The van der Waals surface area contributed by atoms with Gasteiger partial charge < -0.3 is 14.5 Å². The number of aromatic nitrogens is 1. The molecule has 2 amide bonds. The number of nitrogens with one attached hydrogen (secondary N) is 2. The molecule has 3 aromatic rings. The number of hydrogen-bond donors (Lipinski definition) is 2. The van der Waals surface area contributed by atoms with Crippen molar-refractivity contribution in [2.24, 2.45) is 0 Å². The summed E-state index contributed by atoms with van der Waals surface area (Å²) in [6.45, 7) is 5.20. The van der Waals surface area contributed by atoms with Crippen LogP contribution in [-0.2, 0) is 16.0 Å². The second kappa shape index (κ2) is 10.1. The van der Waals surface area contributed by atoms with Gasteiger partial charge in [-0.3, -0.25) is 10.1 Å². The lowest BCUT2D eigenvalue weighted by Crippen LogP contribution is -2.27. The van der Waals surface area contributed by atoms with Crippen LogP contribution in [0.1, 0.15) is 39.5 Å². The first kappa shape index (κ1) is 23.0. The smallest absolute Gasteiger partial charge is 0.412 e. The van der Waals surface area contributed by atoms with Crippen molar-refractivity contribution < 1.29 is 23.1 Å². The molecule has 0 aliphatic carbocycles.